The molecular formula is C32H44N6O8S2. The van der Waals surface area contributed by atoms with Gasteiger partial charge in [0, 0.05) is 57.7 Å². The fourth-order valence-corrected chi connectivity index (χ4v) is 3.11. The molecule has 0 saturated carbocycles. The zero-order valence-electron chi connectivity index (χ0n) is 28.8. The van der Waals surface area contributed by atoms with Crippen LogP contribution in [0, 0.1) is 0 Å². The quantitative estimate of drug-likeness (QED) is 0.249. The van der Waals surface area contributed by atoms with Crippen molar-refractivity contribution in [2.24, 2.45) is 0 Å². The van der Waals surface area contributed by atoms with Crippen LogP contribution in [-0.2, 0) is 31.1 Å². The maximum Gasteiger partial charge on any atom is 0.413 e. The highest BCUT2D eigenvalue weighted by atomic mass is 32.2. The van der Waals surface area contributed by atoms with Gasteiger partial charge < -0.3 is 20.1 Å². The molecule has 0 fully saturated rings. The van der Waals surface area contributed by atoms with E-state index in [0.717, 1.165) is 0 Å². The Kier molecular flexibility index (Phi) is 16.5. The van der Waals surface area contributed by atoms with E-state index in [9.17, 15) is 27.6 Å². The molecule has 48 heavy (non-hydrogen) atoms. The zero-order chi connectivity index (χ0) is 36.7. The van der Waals surface area contributed by atoms with Crippen molar-refractivity contribution in [1.82, 2.24) is 9.97 Å². The van der Waals surface area contributed by atoms with Gasteiger partial charge in [0.05, 0.1) is 0 Å². The number of carbonyl (C=O) groups excluding carboxylic acids is 4. The van der Waals surface area contributed by atoms with Crippen molar-refractivity contribution in [2.75, 3.05) is 46.3 Å². The van der Waals surface area contributed by atoms with Crippen LogP contribution < -0.4 is 21.3 Å². The van der Waals surface area contributed by atoms with Gasteiger partial charge in [0.2, 0.25) is 0 Å². The molecule has 3 aromatic rings. The summed E-state index contributed by atoms with van der Waals surface area (Å²) in [5, 5.41) is 10.3. The molecule has 4 N–H and O–H groups in total. The van der Waals surface area contributed by atoms with Gasteiger partial charge in [-0.3, -0.25) is 28.6 Å². The zero-order valence-corrected chi connectivity index (χ0v) is 30.4. The Hall–Kier alpha value is -4.70. The minimum absolute atomic E-state index is 0.207. The average molecular weight is 705 g/mol. The molecular weight excluding hydrogens is 661 g/mol. The predicted molar refractivity (Wildman–Crippen MR) is 191 cm³/mol. The van der Waals surface area contributed by atoms with Crippen molar-refractivity contribution in [3.8, 4) is 0 Å². The highest BCUT2D eigenvalue weighted by Gasteiger charge is 2.18. The number of nitrogens with one attached hydrogen (secondary N) is 4. The first-order valence-electron chi connectivity index (χ1n) is 14.3. The lowest BCUT2D eigenvalue weighted by atomic mass is 10.1. The lowest BCUT2D eigenvalue weighted by Crippen LogP contribution is -2.27. The van der Waals surface area contributed by atoms with E-state index in [-0.39, 0.29) is 34.4 Å². The van der Waals surface area contributed by atoms with Crippen LogP contribution >= 0.6 is 0 Å². The van der Waals surface area contributed by atoms with E-state index >= 15 is 0 Å². The van der Waals surface area contributed by atoms with Crippen LogP contribution in [-0.4, -0.2) is 78.6 Å². The molecule has 0 saturated heterocycles. The normalized spacial score (nSPS) is 10.8. The first-order chi connectivity index (χ1) is 22.1. The summed E-state index contributed by atoms with van der Waals surface area (Å²) in [5.41, 5.74) is -0.770. The number of carbonyl (C=O) groups is 4. The molecule has 2 aromatic heterocycles. The molecule has 0 aliphatic rings. The van der Waals surface area contributed by atoms with Gasteiger partial charge in [0.15, 0.2) is 0 Å². The van der Waals surface area contributed by atoms with E-state index in [2.05, 4.69) is 31.2 Å². The van der Waals surface area contributed by atoms with E-state index < -0.39 is 56.8 Å². The Morgan fingerprint density at radius 1 is 0.521 bits per heavy atom. The summed E-state index contributed by atoms with van der Waals surface area (Å²) in [4.78, 5) is 57.7. The van der Waals surface area contributed by atoms with Gasteiger partial charge in [0.25, 0.3) is 11.8 Å². The SMILES string of the molecule is CC(C)(C)OC(=O)Nc1cccc(NC(=O)c2ccc(C(=O)Nc3cccc(NC(=O)OC(C)(C)C)n3)cc2)n1.CS(C)=O.CS(C)=O. The Morgan fingerprint density at radius 3 is 1.02 bits per heavy atom. The molecule has 14 nitrogen and oxygen atoms in total. The number of benzene rings is 1. The maximum atomic E-state index is 12.7. The summed E-state index contributed by atoms with van der Waals surface area (Å²) in [6.45, 7) is 10.5. The van der Waals surface area contributed by atoms with E-state index in [1.54, 1.807) is 103 Å². The van der Waals surface area contributed by atoms with Crippen LogP contribution in [0.2, 0.25) is 0 Å². The lowest BCUT2D eigenvalue weighted by Gasteiger charge is -2.19. The Morgan fingerprint density at radius 2 is 0.771 bits per heavy atom. The highest BCUT2D eigenvalue weighted by molar-refractivity contribution is 7.83. The van der Waals surface area contributed by atoms with Crippen molar-refractivity contribution < 1.29 is 37.1 Å². The second kappa shape index (κ2) is 19.2. The lowest BCUT2D eigenvalue weighted by molar-refractivity contribution is 0.0624. The molecule has 0 radical (unpaired) electrons. The first-order valence-corrected chi connectivity index (χ1v) is 18.2. The summed E-state index contributed by atoms with van der Waals surface area (Å²) < 4.78 is 29.5. The third-order valence-corrected chi connectivity index (χ3v) is 4.65. The van der Waals surface area contributed by atoms with Crippen molar-refractivity contribution in [3.05, 3.63) is 71.8 Å². The molecule has 1 aromatic carbocycles. The fraction of sp³-hybridized carbons (Fsp3) is 0.375. The second-order valence-electron chi connectivity index (χ2n) is 12.0. The minimum Gasteiger partial charge on any atom is -0.444 e. The molecule has 262 valence electrons. The number of aromatic nitrogens is 2. The summed E-state index contributed by atoms with van der Waals surface area (Å²) >= 11 is 0. The van der Waals surface area contributed by atoms with Crippen molar-refractivity contribution in [1.29, 1.82) is 0 Å². The van der Waals surface area contributed by atoms with E-state index in [1.807, 2.05) is 0 Å². The summed E-state index contributed by atoms with van der Waals surface area (Å²) in [6, 6.07) is 15.4. The predicted octanol–water partition coefficient (Wildman–Crippen LogP) is 5.66. The van der Waals surface area contributed by atoms with Crippen molar-refractivity contribution in [3.63, 3.8) is 0 Å². The van der Waals surface area contributed by atoms with Gasteiger partial charge in [-0.2, -0.15) is 0 Å². The molecule has 0 bridgehead atoms. The van der Waals surface area contributed by atoms with Gasteiger partial charge in [-0.1, -0.05) is 12.1 Å². The number of anilines is 4. The topological polar surface area (TPSA) is 195 Å². The number of rotatable bonds is 6. The molecule has 0 atom stereocenters. The number of amides is 4. The standard InChI is InChI=1S/C28H32N6O6.2C2H6OS/c1-27(2,3)39-25(37)33-21-11-7-9-19(29-21)31-23(35)17-13-15-18(16-14-17)24(36)32-20-10-8-12-22(30-20)34-26(38)40-28(4,5)6;2*1-4(2)3/h7-16H,1-6H3,(H2,29,31,33,35,37)(H2,30,32,34,36,38);2*1-2H3. The molecule has 0 spiro atoms. The Bertz CT molecular complexity index is 1480. The van der Waals surface area contributed by atoms with Crippen LogP contribution in [0.4, 0.5) is 32.9 Å². The van der Waals surface area contributed by atoms with Crippen LogP contribution in [0.25, 0.3) is 0 Å². The first kappa shape index (κ1) is 41.3. The van der Waals surface area contributed by atoms with E-state index in [4.69, 9.17) is 9.47 Å². The number of hydrogen-bond donors (Lipinski definition) is 4. The minimum atomic E-state index is -0.668. The second-order valence-corrected chi connectivity index (χ2v) is 15.0. The van der Waals surface area contributed by atoms with Gasteiger partial charge in [-0.25, -0.2) is 19.6 Å². The number of hydrogen-bond acceptors (Lipinski definition) is 10. The number of ether oxygens (including phenoxy) is 2. The summed E-state index contributed by atoms with van der Waals surface area (Å²) in [5.74, 6) is -0.0818. The largest absolute Gasteiger partial charge is 0.444 e. The number of nitrogens with zero attached hydrogens (tertiary/aromatic N) is 2. The summed E-state index contributed by atoms with van der Waals surface area (Å²) in [6.07, 6.45) is 5.22. The van der Waals surface area contributed by atoms with Gasteiger partial charge >= 0.3 is 12.2 Å². The molecule has 3 rings (SSSR count). The average Bonchev–Trinajstić information content (AvgIpc) is 2.90. The smallest absolute Gasteiger partial charge is 0.413 e. The fourth-order valence-electron chi connectivity index (χ4n) is 3.11. The molecule has 0 aliphatic heterocycles. The monoisotopic (exact) mass is 704 g/mol. The van der Waals surface area contributed by atoms with E-state index in [1.165, 1.54) is 24.3 Å². The molecule has 16 heteroatoms. The third kappa shape index (κ3) is 19.1. The highest BCUT2D eigenvalue weighted by Crippen LogP contribution is 2.16. The summed E-state index contributed by atoms with van der Waals surface area (Å²) in [7, 11) is -1.22. The molecule has 0 aliphatic carbocycles. The van der Waals surface area contributed by atoms with Crippen LogP contribution in [0.1, 0.15) is 62.3 Å². The van der Waals surface area contributed by atoms with Crippen LogP contribution in [0.15, 0.2) is 60.7 Å². The molecule has 4 amide bonds. The van der Waals surface area contributed by atoms with Gasteiger partial charge in [-0.05, 0) is 90.1 Å². The number of pyridine rings is 2. The third-order valence-electron chi connectivity index (χ3n) is 4.65. The Balaban J connectivity index is 0.00000129. The Labute approximate surface area is 286 Å². The molecule has 2 heterocycles. The van der Waals surface area contributed by atoms with Crippen LogP contribution in [0.5, 0.6) is 0 Å². The van der Waals surface area contributed by atoms with E-state index in [0.29, 0.717) is 0 Å². The van der Waals surface area contributed by atoms with Crippen molar-refractivity contribution in [2.45, 2.75) is 52.7 Å². The van der Waals surface area contributed by atoms with Crippen LogP contribution in [0.3, 0.4) is 0 Å². The maximum absolute atomic E-state index is 12.7. The van der Waals surface area contributed by atoms with Crippen molar-refractivity contribution >= 4 is 68.9 Å². The molecule has 0 unspecified atom stereocenters. The van der Waals surface area contributed by atoms with Gasteiger partial charge in [-0.15, -0.1) is 0 Å². The van der Waals surface area contributed by atoms with Gasteiger partial charge in [0.1, 0.15) is 34.5 Å².